The van der Waals surface area contributed by atoms with Gasteiger partial charge in [0, 0.05) is 34.3 Å². The molecule has 0 aromatic heterocycles. The van der Waals surface area contributed by atoms with Gasteiger partial charge < -0.3 is 10.6 Å². The Labute approximate surface area is 140 Å². The molecule has 4 rings (SSSR count). The van der Waals surface area contributed by atoms with Gasteiger partial charge in [0.25, 0.3) is 0 Å². The van der Waals surface area contributed by atoms with Crippen molar-refractivity contribution in [2.75, 3.05) is 12.4 Å². The summed E-state index contributed by atoms with van der Waals surface area (Å²) in [5.41, 5.74) is 3.32. The molecule has 1 aliphatic heterocycles. The molecule has 114 valence electrons. The van der Waals surface area contributed by atoms with Gasteiger partial charge in [0.1, 0.15) is 12.0 Å². The average Bonchev–Trinajstić information content (AvgIpc) is 2.61. The van der Waals surface area contributed by atoms with Crippen molar-refractivity contribution in [1.82, 2.24) is 5.32 Å². The van der Waals surface area contributed by atoms with Crippen molar-refractivity contribution in [3.05, 3.63) is 76.8 Å². The molecular formula is C19H16ClN3. The summed E-state index contributed by atoms with van der Waals surface area (Å²) in [6, 6.07) is 20.4. The zero-order valence-electron chi connectivity index (χ0n) is 12.7. The van der Waals surface area contributed by atoms with E-state index < -0.39 is 0 Å². The summed E-state index contributed by atoms with van der Waals surface area (Å²) in [6.07, 6.45) is -0.0502. The van der Waals surface area contributed by atoms with Crippen LogP contribution in [-0.2, 0) is 0 Å². The number of anilines is 1. The predicted molar refractivity (Wildman–Crippen MR) is 97.4 cm³/mol. The van der Waals surface area contributed by atoms with Crippen LogP contribution in [0.25, 0.3) is 10.8 Å². The van der Waals surface area contributed by atoms with Gasteiger partial charge in [-0.05, 0) is 23.6 Å². The third-order valence-corrected chi connectivity index (χ3v) is 4.53. The molecule has 1 atom stereocenters. The lowest BCUT2D eigenvalue weighted by atomic mass is 9.99. The number of rotatable bonds is 1. The standard InChI is InChI=1S/C19H16ClN3/c1-21-18-15-8-4-5-9-17(15)22-19(23-18)14-10-11-16(20)13-7-3-2-6-12(13)14/h2-11,19,22H,1H3,(H,21,23). The van der Waals surface area contributed by atoms with Crippen LogP contribution in [0, 0.1) is 0 Å². The van der Waals surface area contributed by atoms with Crippen LogP contribution in [0.4, 0.5) is 5.69 Å². The Kier molecular flexibility index (Phi) is 3.43. The van der Waals surface area contributed by atoms with Crippen molar-refractivity contribution in [3.8, 4) is 0 Å². The molecule has 1 heterocycles. The van der Waals surface area contributed by atoms with Gasteiger partial charge in [-0.2, -0.15) is 0 Å². The summed E-state index contributed by atoms with van der Waals surface area (Å²) in [6.45, 7) is 0. The van der Waals surface area contributed by atoms with E-state index in [9.17, 15) is 0 Å². The van der Waals surface area contributed by atoms with Crippen molar-refractivity contribution in [2.45, 2.75) is 6.17 Å². The highest BCUT2D eigenvalue weighted by atomic mass is 35.5. The first-order chi connectivity index (χ1) is 11.3. The molecule has 0 radical (unpaired) electrons. The summed E-state index contributed by atoms with van der Waals surface area (Å²) in [7, 11) is 1.81. The Balaban J connectivity index is 1.86. The minimum atomic E-state index is -0.0502. The zero-order valence-corrected chi connectivity index (χ0v) is 13.4. The van der Waals surface area contributed by atoms with E-state index in [-0.39, 0.29) is 6.17 Å². The highest BCUT2D eigenvalue weighted by Crippen LogP contribution is 2.33. The van der Waals surface area contributed by atoms with E-state index in [4.69, 9.17) is 11.6 Å². The Morgan fingerprint density at radius 1 is 0.870 bits per heavy atom. The number of halogens is 1. The molecule has 0 saturated heterocycles. The normalized spacial score (nSPS) is 18.3. The minimum Gasteiger partial charge on any atom is -0.361 e. The molecule has 23 heavy (non-hydrogen) atoms. The van der Waals surface area contributed by atoms with Crippen molar-refractivity contribution in [2.24, 2.45) is 4.99 Å². The fourth-order valence-corrected chi connectivity index (χ4v) is 3.33. The van der Waals surface area contributed by atoms with Gasteiger partial charge in [0.05, 0.1) is 0 Å². The molecule has 3 aromatic rings. The maximum atomic E-state index is 6.34. The molecule has 1 unspecified atom stereocenters. The van der Waals surface area contributed by atoms with Gasteiger partial charge >= 0.3 is 0 Å². The average molecular weight is 322 g/mol. The molecule has 1 aliphatic rings. The fraction of sp³-hybridized carbons (Fsp3) is 0.105. The molecule has 3 nitrogen and oxygen atoms in total. The van der Waals surface area contributed by atoms with E-state index in [1.165, 1.54) is 0 Å². The molecule has 0 aliphatic carbocycles. The summed E-state index contributed by atoms with van der Waals surface area (Å²) >= 11 is 6.34. The van der Waals surface area contributed by atoms with Crippen LogP contribution in [0.2, 0.25) is 5.02 Å². The third kappa shape index (κ3) is 2.34. The van der Waals surface area contributed by atoms with Crippen LogP contribution in [0.15, 0.2) is 65.7 Å². The first kappa shape index (κ1) is 14.1. The van der Waals surface area contributed by atoms with Gasteiger partial charge in [-0.3, -0.25) is 4.99 Å². The number of para-hydroxylation sites is 1. The second kappa shape index (κ2) is 5.60. The van der Waals surface area contributed by atoms with E-state index in [0.717, 1.165) is 38.4 Å². The number of fused-ring (bicyclic) bond motifs is 2. The summed E-state index contributed by atoms with van der Waals surface area (Å²) in [5.74, 6) is 0.892. The number of hydrogen-bond donors (Lipinski definition) is 2. The molecule has 3 aromatic carbocycles. The zero-order chi connectivity index (χ0) is 15.8. The van der Waals surface area contributed by atoms with Crippen LogP contribution in [-0.4, -0.2) is 12.9 Å². The Morgan fingerprint density at radius 2 is 1.61 bits per heavy atom. The highest BCUT2D eigenvalue weighted by Gasteiger charge is 2.23. The highest BCUT2D eigenvalue weighted by molar-refractivity contribution is 6.35. The molecule has 4 heteroatoms. The third-order valence-electron chi connectivity index (χ3n) is 4.20. The van der Waals surface area contributed by atoms with Crippen molar-refractivity contribution >= 4 is 33.9 Å². The van der Waals surface area contributed by atoms with Crippen molar-refractivity contribution in [3.63, 3.8) is 0 Å². The van der Waals surface area contributed by atoms with E-state index in [1.54, 1.807) is 0 Å². The van der Waals surface area contributed by atoms with Crippen molar-refractivity contribution in [1.29, 1.82) is 0 Å². The van der Waals surface area contributed by atoms with Crippen LogP contribution in [0.1, 0.15) is 17.3 Å². The van der Waals surface area contributed by atoms with Crippen LogP contribution in [0.3, 0.4) is 0 Å². The van der Waals surface area contributed by atoms with Crippen LogP contribution in [0.5, 0.6) is 0 Å². The first-order valence-corrected chi connectivity index (χ1v) is 7.92. The fourth-order valence-electron chi connectivity index (χ4n) is 3.10. The lowest BCUT2D eigenvalue weighted by Crippen LogP contribution is -2.39. The van der Waals surface area contributed by atoms with Crippen molar-refractivity contribution < 1.29 is 0 Å². The second-order valence-corrected chi connectivity index (χ2v) is 5.93. The van der Waals surface area contributed by atoms with Gasteiger partial charge in [-0.25, -0.2) is 0 Å². The van der Waals surface area contributed by atoms with E-state index in [0.29, 0.717) is 0 Å². The molecule has 0 amide bonds. The molecule has 0 saturated carbocycles. The largest absolute Gasteiger partial charge is 0.361 e. The number of benzene rings is 3. The van der Waals surface area contributed by atoms with Gasteiger partial charge in [0.15, 0.2) is 0 Å². The maximum Gasteiger partial charge on any atom is 0.131 e. The first-order valence-electron chi connectivity index (χ1n) is 7.54. The molecular weight excluding hydrogens is 306 g/mol. The molecule has 0 bridgehead atoms. The Bertz CT molecular complexity index is 917. The Morgan fingerprint density at radius 3 is 2.43 bits per heavy atom. The number of amidine groups is 1. The summed E-state index contributed by atoms with van der Waals surface area (Å²) in [4.78, 5) is 4.40. The molecule has 0 spiro atoms. The minimum absolute atomic E-state index is 0.0502. The number of aliphatic imine (C=N–C) groups is 1. The summed E-state index contributed by atoms with van der Waals surface area (Å²) < 4.78 is 0. The summed E-state index contributed by atoms with van der Waals surface area (Å²) in [5, 5.41) is 10.0. The topological polar surface area (TPSA) is 36.4 Å². The van der Waals surface area contributed by atoms with Gasteiger partial charge in [0.2, 0.25) is 0 Å². The smallest absolute Gasteiger partial charge is 0.131 e. The monoisotopic (exact) mass is 321 g/mol. The lowest BCUT2D eigenvalue weighted by molar-refractivity contribution is 0.726. The van der Waals surface area contributed by atoms with E-state index in [2.05, 4.69) is 39.9 Å². The Hall–Kier alpha value is -2.52. The quantitative estimate of drug-likeness (QED) is 0.688. The van der Waals surface area contributed by atoms with Gasteiger partial charge in [-0.15, -0.1) is 0 Å². The SMILES string of the molecule is CN=C1NC(c2ccc(Cl)c3ccccc23)Nc2ccccc21. The molecule has 2 N–H and O–H groups in total. The van der Waals surface area contributed by atoms with E-state index in [1.807, 2.05) is 43.4 Å². The molecule has 0 fully saturated rings. The second-order valence-electron chi connectivity index (χ2n) is 5.52. The van der Waals surface area contributed by atoms with Crippen LogP contribution < -0.4 is 10.6 Å². The maximum absolute atomic E-state index is 6.34. The number of nitrogens with zero attached hydrogens (tertiary/aromatic N) is 1. The van der Waals surface area contributed by atoms with Gasteiger partial charge in [-0.1, -0.05) is 54.1 Å². The van der Waals surface area contributed by atoms with Crippen LogP contribution >= 0.6 is 11.6 Å². The number of nitrogens with one attached hydrogen (secondary N) is 2. The number of hydrogen-bond acceptors (Lipinski definition) is 2. The predicted octanol–water partition coefficient (Wildman–Crippen LogP) is 4.58. The lowest BCUT2D eigenvalue weighted by Gasteiger charge is -2.31. The van der Waals surface area contributed by atoms with E-state index >= 15 is 0 Å².